The summed E-state index contributed by atoms with van der Waals surface area (Å²) in [5.41, 5.74) is 1.42. The van der Waals surface area contributed by atoms with Crippen LogP contribution in [0.1, 0.15) is 0 Å². The largest absolute Gasteiger partial charge is 0.353 e. The van der Waals surface area contributed by atoms with E-state index in [2.05, 4.69) is 5.32 Å². The maximum Gasteiger partial charge on any atom is 0.0764 e. The van der Waals surface area contributed by atoms with Crippen LogP contribution in [0, 0.1) is 0 Å². The molecule has 0 bridgehead atoms. The number of hydrogen-bond acceptors (Lipinski definition) is 1. The Kier molecular flexibility index (Phi) is 4.05. The van der Waals surface area contributed by atoms with Gasteiger partial charge >= 0.3 is 0 Å². The SMILES string of the molecule is Clc1cccc(Nc2c(Cl)cc(Cl)cc2Cl)c1. The highest BCUT2D eigenvalue weighted by atomic mass is 35.5. The first kappa shape index (κ1) is 12.8. The third kappa shape index (κ3) is 3.20. The number of hydrogen-bond donors (Lipinski definition) is 1. The van der Waals surface area contributed by atoms with Crippen molar-refractivity contribution >= 4 is 57.8 Å². The van der Waals surface area contributed by atoms with Gasteiger partial charge in [0.1, 0.15) is 0 Å². The Morgan fingerprint density at radius 2 is 1.41 bits per heavy atom. The maximum atomic E-state index is 6.06. The van der Waals surface area contributed by atoms with Crippen LogP contribution in [0.15, 0.2) is 36.4 Å². The number of rotatable bonds is 2. The predicted octanol–water partition coefficient (Wildman–Crippen LogP) is 6.04. The third-order valence-electron chi connectivity index (χ3n) is 2.10. The zero-order chi connectivity index (χ0) is 12.4. The zero-order valence-corrected chi connectivity index (χ0v) is 11.5. The van der Waals surface area contributed by atoms with Crippen molar-refractivity contribution in [3.8, 4) is 0 Å². The van der Waals surface area contributed by atoms with Gasteiger partial charge in [-0.15, -0.1) is 0 Å². The van der Waals surface area contributed by atoms with E-state index in [4.69, 9.17) is 46.4 Å². The van der Waals surface area contributed by atoms with Crippen LogP contribution < -0.4 is 5.32 Å². The van der Waals surface area contributed by atoms with E-state index in [9.17, 15) is 0 Å². The van der Waals surface area contributed by atoms with Gasteiger partial charge in [0.25, 0.3) is 0 Å². The Labute approximate surface area is 119 Å². The van der Waals surface area contributed by atoms with E-state index in [0.717, 1.165) is 5.69 Å². The quantitative estimate of drug-likeness (QED) is 0.712. The molecule has 0 amide bonds. The minimum Gasteiger partial charge on any atom is -0.353 e. The molecule has 2 aromatic carbocycles. The lowest BCUT2D eigenvalue weighted by Crippen LogP contribution is -1.92. The summed E-state index contributed by atoms with van der Waals surface area (Å²) < 4.78 is 0. The summed E-state index contributed by atoms with van der Waals surface area (Å²) in [6.07, 6.45) is 0. The van der Waals surface area contributed by atoms with Crippen molar-refractivity contribution in [2.45, 2.75) is 0 Å². The van der Waals surface area contributed by atoms with Crippen molar-refractivity contribution in [3.63, 3.8) is 0 Å². The standard InChI is InChI=1S/C12H7Cl4N/c13-7-2-1-3-9(4-7)17-12-10(15)5-8(14)6-11(12)16/h1-6,17H. The van der Waals surface area contributed by atoms with Gasteiger partial charge in [0.05, 0.1) is 15.7 Å². The molecular formula is C12H7Cl4N. The fourth-order valence-electron chi connectivity index (χ4n) is 1.37. The van der Waals surface area contributed by atoms with E-state index in [1.165, 1.54) is 0 Å². The second-order valence-corrected chi connectivity index (χ2v) is 5.07. The third-order valence-corrected chi connectivity index (χ3v) is 3.15. The van der Waals surface area contributed by atoms with Gasteiger partial charge in [0.2, 0.25) is 0 Å². The predicted molar refractivity (Wildman–Crippen MR) is 76.2 cm³/mol. The average Bonchev–Trinajstić information content (AvgIpc) is 2.23. The monoisotopic (exact) mass is 305 g/mol. The summed E-state index contributed by atoms with van der Waals surface area (Å²) in [4.78, 5) is 0. The fraction of sp³-hybridized carbons (Fsp3) is 0. The normalized spacial score (nSPS) is 10.4. The summed E-state index contributed by atoms with van der Waals surface area (Å²) in [6, 6.07) is 10.5. The lowest BCUT2D eigenvalue weighted by molar-refractivity contribution is 1.55. The second kappa shape index (κ2) is 5.36. The second-order valence-electron chi connectivity index (χ2n) is 3.38. The van der Waals surface area contributed by atoms with Gasteiger partial charge in [0, 0.05) is 15.7 Å². The molecule has 0 aliphatic heterocycles. The zero-order valence-electron chi connectivity index (χ0n) is 8.48. The summed E-state index contributed by atoms with van der Waals surface area (Å²) in [5.74, 6) is 0. The van der Waals surface area contributed by atoms with Crippen LogP contribution in [0.5, 0.6) is 0 Å². The van der Waals surface area contributed by atoms with Crippen LogP contribution in [-0.2, 0) is 0 Å². The van der Waals surface area contributed by atoms with Gasteiger partial charge in [-0.2, -0.15) is 0 Å². The molecule has 17 heavy (non-hydrogen) atoms. The molecule has 0 unspecified atom stereocenters. The van der Waals surface area contributed by atoms with Crippen LogP contribution >= 0.6 is 46.4 Å². The molecule has 0 radical (unpaired) electrons. The molecule has 0 heterocycles. The van der Waals surface area contributed by atoms with Crippen molar-refractivity contribution < 1.29 is 0 Å². The molecule has 2 aromatic rings. The Bertz CT molecular complexity index is 531. The van der Waals surface area contributed by atoms with Gasteiger partial charge in [-0.25, -0.2) is 0 Å². The molecule has 0 aliphatic carbocycles. The van der Waals surface area contributed by atoms with Crippen molar-refractivity contribution in [2.24, 2.45) is 0 Å². The molecule has 2 rings (SSSR count). The van der Waals surface area contributed by atoms with Crippen molar-refractivity contribution in [1.29, 1.82) is 0 Å². The lowest BCUT2D eigenvalue weighted by Gasteiger charge is -2.11. The van der Waals surface area contributed by atoms with E-state index in [-0.39, 0.29) is 0 Å². The van der Waals surface area contributed by atoms with Gasteiger partial charge in [0.15, 0.2) is 0 Å². The topological polar surface area (TPSA) is 12.0 Å². The molecule has 1 N–H and O–H groups in total. The fourth-order valence-corrected chi connectivity index (χ4v) is 2.47. The average molecular weight is 307 g/mol. The van der Waals surface area contributed by atoms with E-state index in [0.29, 0.717) is 25.8 Å². The first-order valence-corrected chi connectivity index (χ1v) is 6.24. The van der Waals surface area contributed by atoms with Crippen LogP contribution in [0.25, 0.3) is 0 Å². The minimum absolute atomic E-state index is 0.461. The summed E-state index contributed by atoms with van der Waals surface area (Å²) >= 11 is 23.8. The first-order chi connectivity index (χ1) is 8.06. The van der Waals surface area contributed by atoms with Crippen LogP contribution in [0.4, 0.5) is 11.4 Å². The van der Waals surface area contributed by atoms with E-state index >= 15 is 0 Å². The highest BCUT2D eigenvalue weighted by Crippen LogP contribution is 2.35. The molecule has 1 nitrogen and oxygen atoms in total. The van der Waals surface area contributed by atoms with Crippen molar-refractivity contribution in [1.82, 2.24) is 0 Å². The number of anilines is 2. The molecule has 0 fully saturated rings. The van der Waals surface area contributed by atoms with Crippen molar-refractivity contribution in [2.75, 3.05) is 5.32 Å². The van der Waals surface area contributed by atoms with Gasteiger partial charge in [-0.3, -0.25) is 0 Å². The Morgan fingerprint density at radius 1 is 0.765 bits per heavy atom. The van der Waals surface area contributed by atoms with Crippen molar-refractivity contribution in [3.05, 3.63) is 56.5 Å². The molecule has 0 spiro atoms. The van der Waals surface area contributed by atoms with E-state index in [1.807, 2.05) is 12.1 Å². The molecule has 0 saturated carbocycles. The number of benzene rings is 2. The van der Waals surface area contributed by atoms with Crippen LogP contribution in [-0.4, -0.2) is 0 Å². The van der Waals surface area contributed by atoms with E-state index in [1.54, 1.807) is 24.3 Å². The first-order valence-electron chi connectivity index (χ1n) is 4.73. The molecule has 88 valence electrons. The molecule has 0 saturated heterocycles. The van der Waals surface area contributed by atoms with Crippen LogP contribution in [0.2, 0.25) is 20.1 Å². The summed E-state index contributed by atoms with van der Waals surface area (Å²) in [7, 11) is 0. The highest BCUT2D eigenvalue weighted by molar-refractivity contribution is 6.41. The Balaban J connectivity index is 2.36. The van der Waals surface area contributed by atoms with E-state index < -0.39 is 0 Å². The van der Waals surface area contributed by atoms with Crippen LogP contribution in [0.3, 0.4) is 0 Å². The number of halogens is 4. The summed E-state index contributed by atoms with van der Waals surface area (Å²) in [6.45, 7) is 0. The molecule has 5 heteroatoms. The maximum absolute atomic E-state index is 6.06. The minimum atomic E-state index is 0.461. The Morgan fingerprint density at radius 3 is 2.00 bits per heavy atom. The van der Waals surface area contributed by atoms with Gasteiger partial charge in [-0.1, -0.05) is 52.5 Å². The Hall–Kier alpha value is -0.600. The molecular weight excluding hydrogens is 300 g/mol. The van der Waals surface area contributed by atoms with Gasteiger partial charge in [-0.05, 0) is 30.3 Å². The molecule has 0 aliphatic rings. The lowest BCUT2D eigenvalue weighted by atomic mass is 10.2. The molecule has 0 atom stereocenters. The highest BCUT2D eigenvalue weighted by Gasteiger charge is 2.08. The molecule has 0 aromatic heterocycles. The smallest absolute Gasteiger partial charge is 0.0764 e. The van der Waals surface area contributed by atoms with Gasteiger partial charge < -0.3 is 5.32 Å². The number of nitrogens with one attached hydrogen (secondary N) is 1. The summed E-state index contributed by atoms with van der Waals surface area (Å²) in [5, 5.41) is 5.16.